The lowest BCUT2D eigenvalue weighted by atomic mass is 10.2. The van der Waals surface area contributed by atoms with Gasteiger partial charge < -0.3 is 0 Å². The topological polar surface area (TPSA) is 12.9 Å². The lowest BCUT2D eigenvalue weighted by molar-refractivity contribution is -0.141. The number of aromatic nitrogens is 1. The zero-order valence-electron chi connectivity index (χ0n) is 7.76. The van der Waals surface area contributed by atoms with Crippen molar-refractivity contribution >= 4 is 22.0 Å². The molecule has 1 heterocycles. The summed E-state index contributed by atoms with van der Waals surface area (Å²) in [6, 6.07) is 2.38. The number of hydrogen-bond acceptors (Lipinski definition) is 1. The largest absolute Gasteiger partial charge is 0.433 e. The average molecular weight is 280 g/mol. The first-order valence-electron chi connectivity index (χ1n) is 4.30. The molecular formula is C10H9BrF3N. The number of hydrogen-bond donors (Lipinski definition) is 0. The van der Waals surface area contributed by atoms with Gasteiger partial charge in [-0.3, -0.25) is 4.98 Å². The maximum atomic E-state index is 12.1. The smallest absolute Gasteiger partial charge is 0.251 e. The van der Waals surface area contributed by atoms with Crippen LogP contribution in [-0.4, -0.2) is 10.3 Å². The van der Waals surface area contributed by atoms with Crippen LogP contribution in [0.4, 0.5) is 13.2 Å². The molecule has 0 aliphatic rings. The Morgan fingerprint density at radius 2 is 2.07 bits per heavy atom. The van der Waals surface area contributed by atoms with Gasteiger partial charge in [-0.05, 0) is 18.1 Å². The molecule has 0 saturated heterocycles. The summed E-state index contributed by atoms with van der Waals surface area (Å²) in [5.41, 5.74) is -0.191. The van der Waals surface area contributed by atoms with Crippen molar-refractivity contribution in [2.45, 2.75) is 12.6 Å². The van der Waals surface area contributed by atoms with Crippen LogP contribution in [0.3, 0.4) is 0 Å². The van der Waals surface area contributed by atoms with E-state index < -0.39 is 11.9 Å². The summed E-state index contributed by atoms with van der Waals surface area (Å²) in [7, 11) is 0. The summed E-state index contributed by atoms with van der Waals surface area (Å²) in [5.74, 6) is 0. The number of allylic oxidation sites excluding steroid dienone is 1. The zero-order chi connectivity index (χ0) is 11.3. The van der Waals surface area contributed by atoms with Crippen molar-refractivity contribution in [2.75, 3.05) is 5.33 Å². The van der Waals surface area contributed by atoms with E-state index in [1.54, 1.807) is 6.08 Å². The minimum absolute atomic E-state index is 0.670. The molecule has 0 bridgehead atoms. The first kappa shape index (κ1) is 12.2. The van der Waals surface area contributed by atoms with Gasteiger partial charge in [-0.15, -0.1) is 0 Å². The fourth-order valence-electron chi connectivity index (χ4n) is 0.954. The van der Waals surface area contributed by atoms with Gasteiger partial charge in [0.05, 0.1) is 0 Å². The Morgan fingerprint density at radius 3 is 2.53 bits per heavy atom. The highest BCUT2D eigenvalue weighted by atomic mass is 79.9. The quantitative estimate of drug-likeness (QED) is 0.765. The van der Waals surface area contributed by atoms with Gasteiger partial charge in [0.1, 0.15) is 5.69 Å². The van der Waals surface area contributed by atoms with Crippen molar-refractivity contribution in [2.24, 2.45) is 0 Å². The molecule has 0 fully saturated rings. The number of pyridine rings is 1. The van der Waals surface area contributed by atoms with E-state index >= 15 is 0 Å². The van der Waals surface area contributed by atoms with Gasteiger partial charge in [0.25, 0.3) is 0 Å². The van der Waals surface area contributed by atoms with E-state index in [0.717, 1.165) is 17.8 Å². The van der Waals surface area contributed by atoms with Crippen molar-refractivity contribution in [1.29, 1.82) is 0 Å². The van der Waals surface area contributed by atoms with Gasteiger partial charge in [0.15, 0.2) is 0 Å². The Balaban J connectivity index is 2.73. The molecule has 0 spiro atoms. The van der Waals surface area contributed by atoms with Gasteiger partial charge in [0, 0.05) is 11.5 Å². The highest BCUT2D eigenvalue weighted by Gasteiger charge is 2.31. The minimum atomic E-state index is -4.36. The lowest BCUT2D eigenvalue weighted by Gasteiger charge is -2.04. The van der Waals surface area contributed by atoms with Crippen LogP contribution in [0.15, 0.2) is 24.4 Å². The SMILES string of the molecule is FC(F)(F)c1ccc(C=CCCBr)cn1. The zero-order valence-corrected chi connectivity index (χ0v) is 9.35. The van der Waals surface area contributed by atoms with Crippen LogP contribution in [0.5, 0.6) is 0 Å². The van der Waals surface area contributed by atoms with Crippen LogP contribution in [0, 0.1) is 0 Å². The first-order valence-corrected chi connectivity index (χ1v) is 5.42. The van der Waals surface area contributed by atoms with E-state index in [1.165, 1.54) is 12.3 Å². The Bertz CT molecular complexity index is 330. The first-order chi connectivity index (χ1) is 7.04. The molecule has 0 saturated carbocycles. The van der Waals surface area contributed by atoms with Gasteiger partial charge in [-0.1, -0.05) is 34.1 Å². The molecule has 0 atom stereocenters. The maximum absolute atomic E-state index is 12.1. The van der Waals surface area contributed by atoms with Crippen LogP contribution in [0.1, 0.15) is 17.7 Å². The molecule has 0 aromatic carbocycles. The molecular weight excluding hydrogens is 271 g/mol. The van der Waals surface area contributed by atoms with E-state index in [0.29, 0.717) is 5.56 Å². The van der Waals surface area contributed by atoms with Crippen LogP contribution >= 0.6 is 15.9 Å². The predicted molar refractivity (Wildman–Crippen MR) is 56.7 cm³/mol. The summed E-state index contributed by atoms with van der Waals surface area (Å²) in [5, 5.41) is 0.831. The molecule has 0 radical (unpaired) electrons. The normalized spacial score (nSPS) is 12.3. The predicted octanol–water partition coefficient (Wildman–Crippen LogP) is 3.90. The number of nitrogens with zero attached hydrogens (tertiary/aromatic N) is 1. The van der Waals surface area contributed by atoms with Gasteiger partial charge in [-0.2, -0.15) is 13.2 Å². The van der Waals surface area contributed by atoms with E-state index in [-0.39, 0.29) is 0 Å². The van der Waals surface area contributed by atoms with Gasteiger partial charge in [0.2, 0.25) is 0 Å². The Morgan fingerprint density at radius 1 is 1.33 bits per heavy atom. The molecule has 0 aliphatic heterocycles. The van der Waals surface area contributed by atoms with E-state index in [2.05, 4.69) is 20.9 Å². The van der Waals surface area contributed by atoms with Crippen molar-refractivity contribution in [3.8, 4) is 0 Å². The second-order valence-corrected chi connectivity index (χ2v) is 3.65. The second kappa shape index (κ2) is 5.30. The Labute approximate surface area is 94.2 Å². The summed E-state index contributed by atoms with van der Waals surface area (Å²) >= 11 is 3.24. The number of alkyl halides is 4. The Hall–Kier alpha value is -0.840. The highest BCUT2D eigenvalue weighted by molar-refractivity contribution is 9.09. The number of rotatable bonds is 3. The molecule has 1 nitrogen and oxygen atoms in total. The lowest BCUT2D eigenvalue weighted by Crippen LogP contribution is -2.07. The Kier molecular flexibility index (Phi) is 4.32. The molecule has 1 aromatic heterocycles. The second-order valence-electron chi connectivity index (χ2n) is 2.85. The van der Waals surface area contributed by atoms with Crippen LogP contribution in [0.2, 0.25) is 0 Å². The van der Waals surface area contributed by atoms with Crippen molar-refractivity contribution < 1.29 is 13.2 Å². The van der Waals surface area contributed by atoms with Gasteiger partial charge >= 0.3 is 6.18 Å². The molecule has 1 aromatic rings. The molecule has 0 N–H and O–H groups in total. The van der Waals surface area contributed by atoms with E-state index in [4.69, 9.17) is 0 Å². The summed E-state index contributed by atoms with van der Waals surface area (Å²) < 4.78 is 36.4. The molecule has 0 unspecified atom stereocenters. The maximum Gasteiger partial charge on any atom is 0.433 e. The molecule has 15 heavy (non-hydrogen) atoms. The number of halogens is 4. The minimum Gasteiger partial charge on any atom is -0.251 e. The van der Waals surface area contributed by atoms with Crippen LogP contribution in [-0.2, 0) is 6.18 Å². The van der Waals surface area contributed by atoms with E-state index in [9.17, 15) is 13.2 Å². The average Bonchev–Trinajstić information content (AvgIpc) is 2.18. The van der Waals surface area contributed by atoms with E-state index in [1.807, 2.05) is 6.08 Å². The van der Waals surface area contributed by atoms with Crippen LogP contribution < -0.4 is 0 Å². The highest BCUT2D eigenvalue weighted by Crippen LogP contribution is 2.27. The third-order valence-electron chi connectivity index (χ3n) is 1.66. The van der Waals surface area contributed by atoms with Crippen LogP contribution in [0.25, 0.3) is 6.08 Å². The third-order valence-corrected chi connectivity index (χ3v) is 2.12. The molecule has 0 aliphatic carbocycles. The fraction of sp³-hybridized carbons (Fsp3) is 0.300. The van der Waals surface area contributed by atoms with Crippen molar-refractivity contribution in [1.82, 2.24) is 4.98 Å². The third kappa shape index (κ3) is 4.03. The summed E-state index contributed by atoms with van der Waals surface area (Å²) in [6.45, 7) is 0. The monoisotopic (exact) mass is 279 g/mol. The van der Waals surface area contributed by atoms with Crippen molar-refractivity contribution in [3.63, 3.8) is 0 Å². The van der Waals surface area contributed by atoms with Gasteiger partial charge in [-0.25, -0.2) is 0 Å². The summed E-state index contributed by atoms with van der Waals surface area (Å²) in [4.78, 5) is 3.34. The fourth-order valence-corrected chi connectivity index (χ4v) is 1.22. The molecule has 0 amide bonds. The van der Waals surface area contributed by atoms with Crippen molar-refractivity contribution in [3.05, 3.63) is 35.7 Å². The standard InChI is InChI=1S/C10H9BrF3N/c11-6-2-1-3-8-4-5-9(15-7-8)10(12,13)14/h1,3-5,7H,2,6H2. The summed E-state index contributed by atoms with van der Waals surface area (Å²) in [6.07, 6.45) is 1.31. The molecule has 82 valence electrons. The molecule has 1 rings (SSSR count). The molecule has 5 heteroatoms.